The molecule has 0 spiro atoms. The lowest BCUT2D eigenvalue weighted by Gasteiger charge is -2.08. The maximum atomic E-state index is 12.2. The molecule has 0 saturated heterocycles. The Morgan fingerprint density at radius 3 is 2.24 bits per heavy atom. The van der Waals surface area contributed by atoms with Gasteiger partial charge in [-0.25, -0.2) is 0 Å². The summed E-state index contributed by atoms with van der Waals surface area (Å²) >= 11 is 0. The molecule has 9 heteroatoms. The molecule has 2 rings (SSSR count). The second-order valence-corrected chi connectivity index (χ2v) is 6.86. The first-order chi connectivity index (χ1) is 11.7. The van der Waals surface area contributed by atoms with Crippen LogP contribution in [0.1, 0.15) is 19.4 Å². The molecule has 0 aliphatic carbocycles. The van der Waals surface area contributed by atoms with Gasteiger partial charge in [0.2, 0.25) is 5.91 Å². The number of phenolic OH excluding ortho intramolecular Hbond substituents is 2. The number of phenols is 2. The van der Waals surface area contributed by atoms with E-state index in [9.17, 15) is 23.4 Å². The third-order valence-corrected chi connectivity index (χ3v) is 4.41. The van der Waals surface area contributed by atoms with Crippen molar-refractivity contribution >= 4 is 27.3 Å². The van der Waals surface area contributed by atoms with Crippen LogP contribution < -0.4 is 10.1 Å². The molecular weight excluding hydrogens is 346 g/mol. The monoisotopic (exact) mass is 363 g/mol. The molecule has 8 nitrogen and oxygen atoms in total. The van der Waals surface area contributed by atoms with E-state index in [0.717, 1.165) is 6.07 Å². The van der Waals surface area contributed by atoms with Crippen molar-refractivity contribution in [2.75, 3.05) is 5.32 Å². The van der Waals surface area contributed by atoms with E-state index in [0.29, 0.717) is 5.69 Å². The van der Waals surface area contributed by atoms with Crippen LogP contribution in [0.5, 0.6) is 11.5 Å². The predicted molar refractivity (Wildman–Crippen MR) is 93.0 cm³/mol. The fraction of sp³-hybridized carbons (Fsp3) is 0.125. The highest BCUT2D eigenvalue weighted by Gasteiger charge is 2.14. The molecule has 132 valence electrons. The van der Waals surface area contributed by atoms with Crippen LogP contribution in [0.2, 0.25) is 0 Å². The van der Waals surface area contributed by atoms with E-state index in [-0.39, 0.29) is 33.6 Å². The number of carbonyl (C=O) groups excluding carboxylic acids is 1. The molecule has 2 aromatic carbocycles. The molecule has 0 unspecified atom stereocenters. The summed E-state index contributed by atoms with van der Waals surface area (Å²) in [4.78, 5) is 13.0. The van der Waals surface area contributed by atoms with Gasteiger partial charge in [0.15, 0.2) is 0 Å². The number of nitrogens with zero attached hydrogens (tertiary/aromatic N) is 1. The molecule has 25 heavy (non-hydrogen) atoms. The highest BCUT2D eigenvalue weighted by molar-refractivity contribution is 7.89. The summed E-state index contributed by atoms with van der Waals surface area (Å²) in [5, 5.41) is 25.3. The smallest absolute Gasteiger partial charge is 0.276 e. The Labute approximate surface area is 144 Å². The minimum atomic E-state index is -3.91. The Kier molecular flexibility index (Phi) is 5.28. The van der Waals surface area contributed by atoms with E-state index in [2.05, 4.69) is 15.2 Å². The maximum absolute atomic E-state index is 12.2. The Morgan fingerprint density at radius 2 is 1.68 bits per heavy atom. The van der Waals surface area contributed by atoms with Crippen molar-refractivity contribution < 1.29 is 23.4 Å². The van der Waals surface area contributed by atoms with Crippen LogP contribution in [0.3, 0.4) is 0 Å². The number of benzene rings is 2. The van der Waals surface area contributed by atoms with Crippen molar-refractivity contribution in [3.05, 3.63) is 48.0 Å². The van der Waals surface area contributed by atoms with Crippen LogP contribution in [0, 0.1) is 0 Å². The van der Waals surface area contributed by atoms with Crippen molar-refractivity contribution in [1.29, 1.82) is 0 Å². The number of amides is 1. The number of rotatable bonds is 5. The minimum Gasteiger partial charge on any atom is -0.508 e. The average Bonchev–Trinajstić information content (AvgIpc) is 2.52. The normalized spacial score (nSPS) is 11.8. The lowest BCUT2D eigenvalue weighted by atomic mass is 10.1. The fourth-order valence-corrected chi connectivity index (χ4v) is 2.85. The molecule has 0 aliphatic heterocycles. The van der Waals surface area contributed by atoms with Crippen LogP contribution in [0.25, 0.3) is 0 Å². The van der Waals surface area contributed by atoms with E-state index in [1.165, 1.54) is 50.2 Å². The predicted octanol–water partition coefficient (Wildman–Crippen LogP) is 1.76. The lowest BCUT2D eigenvalue weighted by molar-refractivity contribution is -0.114. The first-order valence-corrected chi connectivity index (χ1v) is 8.63. The minimum absolute atomic E-state index is 0.0342. The Bertz CT molecular complexity index is 921. The van der Waals surface area contributed by atoms with Crippen LogP contribution >= 0.6 is 0 Å². The standard InChI is InChI=1S/C16H17N3O5S/c1-10(15-8-5-13(21)9-16(15)22)18-19-25(23,24)14-6-3-12(4-7-14)17-11(2)20/h3-9,19,21-22H,1-2H3,(H,17,20)/b18-10+. The zero-order valence-corrected chi connectivity index (χ0v) is 14.3. The van der Waals surface area contributed by atoms with Gasteiger partial charge in [0.05, 0.1) is 10.6 Å². The van der Waals surface area contributed by atoms with E-state index in [1.807, 2.05) is 0 Å². The zero-order chi connectivity index (χ0) is 18.6. The third kappa shape index (κ3) is 4.70. The number of sulfonamides is 1. The molecule has 0 atom stereocenters. The summed E-state index contributed by atoms with van der Waals surface area (Å²) in [5.41, 5.74) is 0.970. The van der Waals surface area contributed by atoms with Crippen LogP contribution in [-0.2, 0) is 14.8 Å². The van der Waals surface area contributed by atoms with Crippen LogP contribution in [0.15, 0.2) is 52.5 Å². The lowest BCUT2D eigenvalue weighted by Crippen LogP contribution is -2.20. The van der Waals surface area contributed by atoms with Crippen molar-refractivity contribution in [2.45, 2.75) is 18.7 Å². The highest BCUT2D eigenvalue weighted by atomic mass is 32.2. The molecule has 0 fully saturated rings. The summed E-state index contributed by atoms with van der Waals surface area (Å²) in [6.45, 7) is 2.86. The van der Waals surface area contributed by atoms with Gasteiger partial charge in [0.1, 0.15) is 11.5 Å². The molecule has 0 bridgehead atoms. The largest absolute Gasteiger partial charge is 0.508 e. The van der Waals surface area contributed by atoms with Gasteiger partial charge in [-0.2, -0.15) is 18.4 Å². The first kappa shape index (κ1) is 18.3. The molecule has 1 amide bonds. The van der Waals surface area contributed by atoms with Gasteiger partial charge < -0.3 is 15.5 Å². The molecule has 0 saturated carbocycles. The van der Waals surface area contributed by atoms with E-state index < -0.39 is 10.0 Å². The van der Waals surface area contributed by atoms with E-state index in [1.54, 1.807) is 0 Å². The van der Waals surface area contributed by atoms with Crippen molar-refractivity contribution in [2.24, 2.45) is 5.10 Å². The van der Waals surface area contributed by atoms with Gasteiger partial charge in [0, 0.05) is 24.2 Å². The SMILES string of the molecule is CC(=O)Nc1ccc(S(=O)(=O)N/N=C(\C)c2ccc(O)cc2O)cc1. The highest BCUT2D eigenvalue weighted by Crippen LogP contribution is 2.23. The number of anilines is 1. The summed E-state index contributed by atoms with van der Waals surface area (Å²) in [6, 6.07) is 9.47. The molecule has 2 aromatic rings. The number of nitrogens with one attached hydrogen (secondary N) is 2. The van der Waals surface area contributed by atoms with Crippen LogP contribution in [0.4, 0.5) is 5.69 Å². The first-order valence-electron chi connectivity index (χ1n) is 7.15. The Balaban J connectivity index is 2.19. The number of hydrazone groups is 1. The summed E-state index contributed by atoms with van der Waals surface area (Å²) < 4.78 is 24.5. The van der Waals surface area contributed by atoms with Crippen LogP contribution in [-0.4, -0.2) is 30.2 Å². The quantitative estimate of drug-likeness (QED) is 0.475. The molecular formula is C16H17N3O5S. The Hall–Kier alpha value is -3.07. The number of hydrogen-bond acceptors (Lipinski definition) is 6. The summed E-state index contributed by atoms with van der Waals surface area (Å²) in [7, 11) is -3.91. The summed E-state index contributed by atoms with van der Waals surface area (Å²) in [5.74, 6) is -0.600. The number of carbonyl (C=O) groups is 1. The number of aromatic hydroxyl groups is 2. The maximum Gasteiger partial charge on any atom is 0.276 e. The Morgan fingerprint density at radius 1 is 1.04 bits per heavy atom. The number of hydrogen-bond donors (Lipinski definition) is 4. The van der Waals surface area contributed by atoms with Gasteiger partial charge in [-0.05, 0) is 43.3 Å². The van der Waals surface area contributed by atoms with Gasteiger partial charge in [-0.1, -0.05) is 0 Å². The zero-order valence-electron chi connectivity index (χ0n) is 13.5. The molecule has 4 N–H and O–H groups in total. The van der Waals surface area contributed by atoms with E-state index >= 15 is 0 Å². The van der Waals surface area contributed by atoms with Crippen molar-refractivity contribution in [1.82, 2.24) is 4.83 Å². The average molecular weight is 363 g/mol. The molecule has 0 heterocycles. The molecule has 0 radical (unpaired) electrons. The van der Waals surface area contributed by atoms with Gasteiger partial charge >= 0.3 is 0 Å². The third-order valence-electron chi connectivity index (χ3n) is 3.19. The van der Waals surface area contributed by atoms with Crippen molar-refractivity contribution in [3.8, 4) is 11.5 Å². The van der Waals surface area contributed by atoms with E-state index in [4.69, 9.17) is 0 Å². The van der Waals surface area contributed by atoms with Gasteiger partial charge in [-0.3, -0.25) is 4.79 Å². The second kappa shape index (κ2) is 7.22. The molecule has 0 aliphatic rings. The fourth-order valence-electron chi connectivity index (χ4n) is 1.99. The second-order valence-electron chi connectivity index (χ2n) is 5.20. The summed E-state index contributed by atoms with van der Waals surface area (Å²) in [6.07, 6.45) is 0. The van der Waals surface area contributed by atoms with Gasteiger partial charge in [-0.15, -0.1) is 0 Å². The topological polar surface area (TPSA) is 128 Å². The van der Waals surface area contributed by atoms with Gasteiger partial charge in [0.25, 0.3) is 10.0 Å². The van der Waals surface area contributed by atoms with Crippen molar-refractivity contribution in [3.63, 3.8) is 0 Å². The molecule has 0 aromatic heterocycles.